The monoisotopic (exact) mass is 217 g/mol. The third-order valence-electron chi connectivity index (χ3n) is 2.02. The highest BCUT2D eigenvalue weighted by molar-refractivity contribution is 6.02. The van der Waals surface area contributed by atoms with Gasteiger partial charge in [-0.1, -0.05) is 23.4 Å². The largest absolute Gasteiger partial charge is 0.359 e. The summed E-state index contributed by atoms with van der Waals surface area (Å²) in [5, 5.41) is 6.31. The Hall–Kier alpha value is -2.14. The van der Waals surface area contributed by atoms with Crippen LogP contribution in [0.5, 0.6) is 0 Å². The summed E-state index contributed by atoms with van der Waals surface area (Å²) in [6.45, 7) is 0.228. The summed E-state index contributed by atoms with van der Waals surface area (Å²) in [6, 6.07) is 10.7. The van der Waals surface area contributed by atoms with Crippen molar-refractivity contribution in [2.75, 3.05) is 5.32 Å². The molecule has 0 aliphatic carbocycles. The zero-order chi connectivity index (χ0) is 11.4. The van der Waals surface area contributed by atoms with Crippen molar-refractivity contribution in [1.29, 1.82) is 0 Å². The van der Waals surface area contributed by atoms with Crippen molar-refractivity contribution in [3.05, 3.63) is 47.9 Å². The lowest BCUT2D eigenvalue weighted by atomic mass is 10.3. The maximum absolute atomic E-state index is 11.7. The number of anilines is 1. The lowest BCUT2D eigenvalue weighted by Crippen LogP contribution is -2.11. The van der Waals surface area contributed by atoms with Gasteiger partial charge in [-0.05, 0) is 12.1 Å². The van der Waals surface area contributed by atoms with Gasteiger partial charge in [0.05, 0.1) is 6.54 Å². The lowest BCUT2D eigenvalue weighted by molar-refractivity contribution is 0.101. The quantitative estimate of drug-likeness (QED) is 0.813. The van der Waals surface area contributed by atoms with Crippen molar-refractivity contribution >= 4 is 11.6 Å². The summed E-state index contributed by atoms with van der Waals surface area (Å²) in [5.41, 5.74) is 6.29. The topological polar surface area (TPSA) is 81.2 Å². The van der Waals surface area contributed by atoms with Gasteiger partial charge in [-0.2, -0.15) is 0 Å². The Labute approximate surface area is 92.2 Å². The van der Waals surface area contributed by atoms with E-state index in [0.29, 0.717) is 11.4 Å². The number of benzene rings is 1. The highest BCUT2D eigenvalue weighted by atomic mass is 16.5. The molecule has 0 unspecified atom stereocenters. The minimum atomic E-state index is -0.311. The van der Waals surface area contributed by atoms with Crippen LogP contribution in [0.25, 0.3) is 0 Å². The minimum Gasteiger partial charge on any atom is -0.359 e. The highest BCUT2D eigenvalue weighted by Gasteiger charge is 2.11. The van der Waals surface area contributed by atoms with Gasteiger partial charge in [0.25, 0.3) is 5.91 Å². The molecule has 5 nitrogen and oxygen atoms in total. The Kier molecular flexibility index (Phi) is 2.98. The summed E-state index contributed by atoms with van der Waals surface area (Å²) in [5.74, 6) is 0.174. The maximum Gasteiger partial charge on any atom is 0.277 e. The van der Waals surface area contributed by atoms with Crippen LogP contribution in [-0.4, -0.2) is 11.1 Å². The molecule has 0 aliphatic heterocycles. The standard InChI is InChI=1S/C11H11N3O2/c12-7-9-6-10(14-16-9)11(15)13-8-4-2-1-3-5-8/h1-6H,7,12H2,(H,13,15). The summed E-state index contributed by atoms with van der Waals surface area (Å²) >= 11 is 0. The summed E-state index contributed by atoms with van der Waals surface area (Å²) in [6.07, 6.45) is 0. The van der Waals surface area contributed by atoms with Gasteiger partial charge in [-0.3, -0.25) is 4.79 Å². The van der Waals surface area contributed by atoms with Gasteiger partial charge in [-0.15, -0.1) is 0 Å². The molecule has 5 heteroatoms. The fraction of sp³-hybridized carbons (Fsp3) is 0.0909. The first-order valence-electron chi connectivity index (χ1n) is 4.81. The van der Waals surface area contributed by atoms with Crippen molar-refractivity contribution in [3.63, 3.8) is 0 Å². The van der Waals surface area contributed by atoms with Crippen LogP contribution in [0.15, 0.2) is 40.9 Å². The van der Waals surface area contributed by atoms with Crippen LogP contribution in [0.2, 0.25) is 0 Å². The van der Waals surface area contributed by atoms with Gasteiger partial charge in [0, 0.05) is 11.8 Å². The number of hydrogen-bond acceptors (Lipinski definition) is 4. The van der Waals surface area contributed by atoms with Gasteiger partial charge in [0.1, 0.15) is 0 Å². The van der Waals surface area contributed by atoms with E-state index in [9.17, 15) is 4.79 Å². The maximum atomic E-state index is 11.7. The average Bonchev–Trinajstić information content (AvgIpc) is 2.79. The molecule has 1 heterocycles. The third-order valence-corrected chi connectivity index (χ3v) is 2.02. The molecule has 0 fully saturated rings. The van der Waals surface area contributed by atoms with Crippen LogP contribution < -0.4 is 11.1 Å². The molecule has 0 bridgehead atoms. The molecule has 0 radical (unpaired) electrons. The van der Waals surface area contributed by atoms with Crippen molar-refractivity contribution in [2.45, 2.75) is 6.54 Å². The molecule has 0 atom stereocenters. The van der Waals surface area contributed by atoms with E-state index in [4.69, 9.17) is 10.3 Å². The molecule has 3 N–H and O–H groups in total. The van der Waals surface area contributed by atoms with E-state index >= 15 is 0 Å². The molecule has 1 aromatic carbocycles. The second-order valence-corrected chi connectivity index (χ2v) is 3.20. The van der Waals surface area contributed by atoms with E-state index in [1.54, 1.807) is 12.1 Å². The first-order valence-corrected chi connectivity index (χ1v) is 4.81. The zero-order valence-corrected chi connectivity index (χ0v) is 8.51. The number of rotatable bonds is 3. The van der Waals surface area contributed by atoms with Crippen LogP contribution >= 0.6 is 0 Å². The lowest BCUT2D eigenvalue weighted by Gasteiger charge is -2.00. The van der Waals surface area contributed by atoms with Crippen molar-refractivity contribution in [2.24, 2.45) is 5.73 Å². The Balaban J connectivity index is 2.09. The average molecular weight is 217 g/mol. The zero-order valence-electron chi connectivity index (χ0n) is 8.51. The van der Waals surface area contributed by atoms with Gasteiger partial charge in [0.2, 0.25) is 0 Å². The van der Waals surface area contributed by atoms with E-state index in [2.05, 4.69) is 10.5 Å². The number of para-hydroxylation sites is 1. The second kappa shape index (κ2) is 4.59. The number of nitrogens with two attached hydrogens (primary N) is 1. The predicted octanol–water partition coefficient (Wildman–Crippen LogP) is 1.39. The molecule has 0 saturated heterocycles. The molecule has 1 amide bonds. The number of hydrogen-bond donors (Lipinski definition) is 2. The number of nitrogens with one attached hydrogen (secondary N) is 1. The summed E-state index contributed by atoms with van der Waals surface area (Å²) in [7, 11) is 0. The van der Waals surface area contributed by atoms with Gasteiger partial charge in [-0.25, -0.2) is 0 Å². The molecule has 2 rings (SSSR count). The molecule has 0 saturated carbocycles. The molecule has 82 valence electrons. The number of carbonyl (C=O) groups excluding carboxylic acids is 1. The van der Waals surface area contributed by atoms with E-state index < -0.39 is 0 Å². The molecule has 1 aromatic heterocycles. The van der Waals surface area contributed by atoms with Crippen molar-refractivity contribution in [1.82, 2.24) is 5.16 Å². The van der Waals surface area contributed by atoms with E-state index in [0.717, 1.165) is 0 Å². The van der Waals surface area contributed by atoms with Crippen LogP contribution in [0, 0.1) is 0 Å². The van der Waals surface area contributed by atoms with Gasteiger partial charge in [0.15, 0.2) is 11.5 Å². The Morgan fingerprint density at radius 1 is 1.38 bits per heavy atom. The highest BCUT2D eigenvalue weighted by Crippen LogP contribution is 2.08. The molecule has 0 spiro atoms. The molecular weight excluding hydrogens is 206 g/mol. The molecule has 0 aliphatic rings. The van der Waals surface area contributed by atoms with E-state index in [1.807, 2.05) is 18.2 Å². The minimum absolute atomic E-state index is 0.226. The molecular formula is C11H11N3O2. The molecule has 16 heavy (non-hydrogen) atoms. The van der Waals surface area contributed by atoms with Gasteiger partial charge >= 0.3 is 0 Å². The normalized spacial score (nSPS) is 10.1. The van der Waals surface area contributed by atoms with Gasteiger partial charge < -0.3 is 15.6 Å². The fourth-order valence-corrected chi connectivity index (χ4v) is 1.23. The van der Waals surface area contributed by atoms with Crippen LogP contribution in [-0.2, 0) is 6.54 Å². The number of amides is 1. The van der Waals surface area contributed by atoms with E-state index in [-0.39, 0.29) is 18.1 Å². The van der Waals surface area contributed by atoms with Crippen molar-refractivity contribution < 1.29 is 9.32 Å². The van der Waals surface area contributed by atoms with E-state index in [1.165, 1.54) is 6.07 Å². The summed E-state index contributed by atoms with van der Waals surface area (Å²) in [4.78, 5) is 11.7. The Morgan fingerprint density at radius 3 is 2.75 bits per heavy atom. The molecule has 2 aromatic rings. The summed E-state index contributed by atoms with van der Waals surface area (Å²) < 4.78 is 4.84. The third kappa shape index (κ3) is 2.26. The number of aromatic nitrogens is 1. The second-order valence-electron chi connectivity index (χ2n) is 3.20. The van der Waals surface area contributed by atoms with Crippen LogP contribution in [0.1, 0.15) is 16.2 Å². The van der Waals surface area contributed by atoms with Crippen LogP contribution in [0.4, 0.5) is 5.69 Å². The van der Waals surface area contributed by atoms with Crippen LogP contribution in [0.3, 0.4) is 0 Å². The first kappa shape index (κ1) is 10.4. The number of carbonyl (C=O) groups is 1. The Morgan fingerprint density at radius 2 is 2.12 bits per heavy atom. The number of nitrogens with zero attached hydrogens (tertiary/aromatic N) is 1. The predicted molar refractivity (Wildman–Crippen MR) is 58.8 cm³/mol. The smallest absolute Gasteiger partial charge is 0.277 e. The van der Waals surface area contributed by atoms with Crippen molar-refractivity contribution in [3.8, 4) is 0 Å². The first-order chi connectivity index (χ1) is 7.79. The Bertz CT molecular complexity index is 479. The fourth-order valence-electron chi connectivity index (χ4n) is 1.23. The SMILES string of the molecule is NCc1cc(C(=O)Nc2ccccc2)no1.